The second-order valence-corrected chi connectivity index (χ2v) is 7.67. The first-order chi connectivity index (χ1) is 13.7. The number of benzene rings is 1. The van der Waals surface area contributed by atoms with E-state index in [4.69, 9.17) is 9.84 Å². The van der Waals surface area contributed by atoms with Gasteiger partial charge in [-0.05, 0) is 49.7 Å². The molecule has 0 atom stereocenters. The van der Waals surface area contributed by atoms with Crippen molar-refractivity contribution in [3.8, 4) is 17.1 Å². The molecule has 1 aromatic carbocycles. The van der Waals surface area contributed by atoms with Gasteiger partial charge in [-0.2, -0.15) is 5.10 Å². The molecule has 0 saturated heterocycles. The molecule has 0 radical (unpaired) electrons. The van der Waals surface area contributed by atoms with Crippen molar-refractivity contribution < 1.29 is 9.84 Å². The first-order valence-electron chi connectivity index (χ1n) is 9.54. The van der Waals surface area contributed by atoms with Gasteiger partial charge in [0.1, 0.15) is 11.4 Å². The Morgan fingerprint density at radius 2 is 2.04 bits per heavy atom. The molecule has 0 amide bonds. The molecule has 0 aliphatic carbocycles. The molecular formula is C21H28N4O2S. The van der Waals surface area contributed by atoms with Crippen LogP contribution in [0, 0.1) is 0 Å². The van der Waals surface area contributed by atoms with Crippen molar-refractivity contribution in [2.75, 3.05) is 33.9 Å². The highest BCUT2D eigenvalue weighted by Crippen LogP contribution is 2.32. The van der Waals surface area contributed by atoms with Crippen molar-refractivity contribution in [2.24, 2.45) is 0 Å². The maximum atomic E-state index is 8.49. The number of hydrogen-bond acceptors (Lipinski definition) is 5. The summed E-state index contributed by atoms with van der Waals surface area (Å²) in [6.45, 7) is 4.37. The number of aliphatic hydroxyl groups excluding tert-OH is 1. The molecular weight excluding hydrogens is 372 g/mol. The Kier molecular flexibility index (Phi) is 7.08. The Morgan fingerprint density at radius 1 is 1.18 bits per heavy atom. The zero-order valence-corrected chi connectivity index (χ0v) is 17.5. The number of nitrogens with zero attached hydrogens (tertiary/aromatic N) is 2. The normalized spacial score (nSPS) is 11.2. The van der Waals surface area contributed by atoms with Gasteiger partial charge in [0.2, 0.25) is 0 Å². The number of ether oxygens (including phenoxy) is 1. The van der Waals surface area contributed by atoms with Gasteiger partial charge in [0.05, 0.1) is 29.6 Å². The van der Waals surface area contributed by atoms with Crippen LogP contribution in [0.1, 0.15) is 19.8 Å². The average Bonchev–Trinajstić information content (AvgIpc) is 3.41. The van der Waals surface area contributed by atoms with Crippen molar-refractivity contribution in [1.82, 2.24) is 20.1 Å². The topological polar surface area (TPSA) is 77.2 Å². The van der Waals surface area contributed by atoms with Crippen LogP contribution in [0.15, 0.2) is 35.7 Å². The molecule has 0 saturated carbocycles. The third-order valence-electron chi connectivity index (χ3n) is 4.63. The van der Waals surface area contributed by atoms with E-state index in [1.807, 2.05) is 31.3 Å². The number of aromatic amines is 2. The van der Waals surface area contributed by atoms with E-state index in [2.05, 4.69) is 38.5 Å². The molecule has 3 aromatic heterocycles. The first kappa shape index (κ1) is 20.4. The van der Waals surface area contributed by atoms with Gasteiger partial charge >= 0.3 is 0 Å². The summed E-state index contributed by atoms with van der Waals surface area (Å²) in [6, 6.07) is 10.2. The highest BCUT2D eigenvalue weighted by atomic mass is 32.1. The number of thiophene rings is 1. The van der Waals surface area contributed by atoms with Gasteiger partial charge in [-0.1, -0.05) is 13.3 Å². The molecule has 0 spiro atoms. The van der Waals surface area contributed by atoms with Crippen LogP contribution >= 0.6 is 11.3 Å². The third kappa shape index (κ3) is 4.73. The van der Waals surface area contributed by atoms with Gasteiger partial charge in [-0.25, -0.2) is 0 Å². The summed E-state index contributed by atoms with van der Waals surface area (Å²) in [6.07, 6.45) is 2.46. The number of rotatable bonds is 7. The molecule has 0 fully saturated rings. The van der Waals surface area contributed by atoms with Crippen molar-refractivity contribution in [2.45, 2.75) is 19.8 Å². The quantitative estimate of drug-likeness (QED) is 0.427. The smallest absolute Gasteiger partial charge is 0.126 e. The van der Waals surface area contributed by atoms with Crippen LogP contribution in [0.25, 0.3) is 32.5 Å². The maximum Gasteiger partial charge on any atom is 0.126 e. The van der Waals surface area contributed by atoms with Crippen molar-refractivity contribution in [3.05, 3.63) is 35.7 Å². The lowest BCUT2D eigenvalue weighted by Gasteiger charge is -2.13. The summed E-state index contributed by atoms with van der Waals surface area (Å²) in [4.78, 5) is 5.54. The fourth-order valence-corrected chi connectivity index (χ4v) is 3.85. The Labute approximate surface area is 169 Å². The Bertz CT molecular complexity index is 1000. The second kappa shape index (κ2) is 9.73. The van der Waals surface area contributed by atoms with E-state index < -0.39 is 0 Å². The lowest BCUT2D eigenvalue weighted by Crippen LogP contribution is -2.22. The standard InChI is InChI=1S/C14H11N3OS.C7H17NO/c1-18-9-3-2-8-6-12(15-11(8)7-9)13-14-10(16-17-13)4-5-19-14;1-3-4-5-8(2)6-7-9/h2-7,15H,1H3,(H,16,17);9H,3-7H2,1-2H3. The minimum Gasteiger partial charge on any atom is -0.497 e. The summed E-state index contributed by atoms with van der Waals surface area (Å²) in [5, 5.41) is 19.2. The van der Waals surface area contributed by atoms with Crippen LogP contribution in [0.3, 0.4) is 0 Å². The molecule has 7 heteroatoms. The molecule has 28 heavy (non-hydrogen) atoms. The SMILES string of the molecule is CCCCN(C)CCO.COc1ccc2cc(-c3n[nH]c4ccsc34)[nH]c2c1. The van der Waals surface area contributed by atoms with Gasteiger partial charge in [0.15, 0.2) is 0 Å². The lowest BCUT2D eigenvalue weighted by atomic mass is 10.2. The average molecular weight is 401 g/mol. The monoisotopic (exact) mass is 400 g/mol. The predicted molar refractivity (Wildman–Crippen MR) is 117 cm³/mol. The van der Waals surface area contributed by atoms with Crippen LogP contribution in [0.5, 0.6) is 5.75 Å². The highest BCUT2D eigenvalue weighted by molar-refractivity contribution is 7.17. The van der Waals surface area contributed by atoms with Gasteiger partial charge < -0.3 is 19.7 Å². The van der Waals surface area contributed by atoms with Crippen LogP contribution < -0.4 is 4.74 Å². The van der Waals surface area contributed by atoms with Crippen molar-refractivity contribution in [3.63, 3.8) is 0 Å². The second-order valence-electron chi connectivity index (χ2n) is 6.75. The van der Waals surface area contributed by atoms with E-state index in [1.54, 1.807) is 18.4 Å². The number of nitrogens with one attached hydrogen (secondary N) is 2. The zero-order chi connectivity index (χ0) is 19.9. The van der Waals surface area contributed by atoms with Gasteiger partial charge in [-0.3, -0.25) is 5.10 Å². The number of likely N-dealkylation sites (N-methyl/N-ethyl adjacent to an activating group) is 1. The van der Waals surface area contributed by atoms with E-state index >= 15 is 0 Å². The molecule has 6 nitrogen and oxygen atoms in total. The van der Waals surface area contributed by atoms with E-state index in [0.29, 0.717) is 0 Å². The number of aliphatic hydroxyl groups is 1. The molecule has 0 bridgehead atoms. The summed E-state index contributed by atoms with van der Waals surface area (Å²) in [5.41, 5.74) is 4.13. The molecule has 0 aliphatic heterocycles. The molecule has 3 heterocycles. The summed E-state index contributed by atoms with van der Waals surface area (Å²) in [7, 11) is 3.71. The van der Waals surface area contributed by atoms with Gasteiger partial charge in [-0.15, -0.1) is 11.3 Å². The molecule has 150 valence electrons. The molecule has 4 rings (SSSR count). The largest absolute Gasteiger partial charge is 0.497 e. The van der Waals surface area contributed by atoms with E-state index in [9.17, 15) is 0 Å². The summed E-state index contributed by atoms with van der Waals surface area (Å²) < 4.78 is 6.42. The lowest BCUT2D eigenvalue weighted by molar-refractivity contribution is 0.220. The fourth-order valence-electron chi connectivity index (χ4n) is 3.00. The first-order valence-corrected chi connectivity index (χ1v) is 10.4. The third-order valence-corrected chi connectivity index (χ3v) is 5.55. The molecule has 0 aliphatic rings. The van der Waals surface area contributed by atoms with Gasteiger partial charge in [0, 0.05) is 23.5 Å². The highest BCUT2D eigenvalue weighted by Gasteiger charge is 2.12. The summed E-state index contributed by atoms with van der Waals surface area (Å²) in [5.74, 6) is 0.851. The number of unbranched alkanes of at least 4 members (excludes halogenated alkanes) is 1. The zero-order valence-electron chi connectivity index (χ0n) is 16.7. The molecule has 4 aromatic rings. The molecule has 0 unspecified atom stereocenters. The van der Waals surface area contributed by atoms with Crippen molar-refractivity contribution in [1.29, 1.82) is 0 Å². The maximum absolute atomic E-state index is 8.49. The fraction of sp³-hybridized carbons (Fsp3) is 0.381. The number of methoxy groups -OCH3 is 1. The number of H-pyrrole nitrogens is 2. The van der Waals surface area contributed by atoms with E-state index in [-0.39, 0.29) is 6.61 Å². The van der Waals surface area contributed by atoms with E-state index in [0.717, 1.165) is 46.6 Å². The van der Waals surface area contributed by atoms with Gasteiger partial charge in [0.25, 0.3) is 0 Å². The number of hydrogen-bond donors (Lipinski definition) is 3. The predicted octanol–water partition coefficient (Wildman–Crippen LogP) is 4.49. The van der Waals surface area contributed by atoms with Crippen LogP contribution in [0.4, 0.5) is 0 Å². The number of aromatic nitrogens is 3. The van der Waals surface area contributed by atoms with Crippen molar-refractivity contribution >= 4 is 32.5 Å². The van der Waals surface area contributed by atoms with Crippen LogP contribution in [0.2, 0.25) is 0 Å². The van der Waals surface area contributed by atoms with E-state index in [1.165, 1.54) is 17.5 Å². The Balaban J connectivity index is 0.000000215. The minimum atomic E-state index is 0.278. The Hall–Kier alpha value is -2.35. The van der Waals surface area contributed by atoms with Crippen LogP contribution in [-0.4, -0.2) is 59.0 Å². The molecule has 3 N–H and O–H groups in total. The summed E-state index contributed by atoms with van der Waals surface area (Å²) >= 11 is 1.69. The number of fused-ring (bicyclic) bond motifs is 2. The minimum absolute atomic E-state index is 0.278. The Morgan fingerprint density at radius 3 is 2.79 bits per heavy atom. The van der Waals surface area contributed by atoms with Crippen LogP contribution in [-0.2, 0) is 0 Å².